The zero-order valence-corrected chi connectivity index (χ0v) is 16.3. The Morgan fingerprint density at radius 2 is 1.97 bits per heavy atom. The maximum Gasteiger partial charge on any atom is 0.0970 e. The van der Waals surface area contributed by atoms with E-state index in [2.05, 4.69) is 33.5 Å². The molecular weight excluding hydrogens is 362 g/mol. The number of benzene rings is 1. The standard InChI is InChI=1S/C23H27N3O2.CH4/c1-15-4-5-19-22(17(15)14-27)23-18-3-2-11-25(18)12-8-20(23)26(19)13-21(28)16-6-9-24-10-7-16;/h4-7,9-10,18,21,27-28H,2-3,8,11-14H2,1H3;1H4. The van der Waals surface area contributed by atoms with Gasteiger partial charge in [0.1, 0.15) is 0 Å². The molecule has 5 nitrogen and oxygen atoms in total. The molecular formula is C24H31N3O2. The minimum absolute atomic E-state index is 0. The van der Waals surface area contributed by atoms with Crippen molar-refractivity contribution in [3.05, 3.63) is 64.6 Å². The predicted molar refractivity (Wildman–Crippen MR) is 116 cm³/mol. The van der Waals surface area contributed by atoms with E-state index in [1.807, 2.05) is 12.1 Å². The van der Waals surface area contributed by atoms with Gasteiger partial charge in [-0.15, -0.1) is 0 Å². The molecule has 0 spiro atoms. The van der Waals surface area contributed by atoms with E-state index in [-0.39, 0.29) is 14.0 Å². The second-order valence-electron chi connectivity index (χ2n) is 8.12. The summed E-state index contributed by atoms with van der Waals surface area (Å²) in [6.45, 7) is 4.90. The minimum atomic E-state index is -0.580. The predicted octanol–water partition coefficient (Wildman–Crippen LogP) is 3.90. The van der Waals surface area contributed by atoms with Gasteiger partial charge in [-0.1, -0.05) is 13.5 Å². The summed E-state index contributed by atoms with van der Waals surface area (Å²) in [6, 6.07) is 8.47. The van der Waals surface area contributed by atoms with Crippen LogP contribution >= 0.6 is 0 Å². The van der Waals surface area contributed by atoms with Gasteiger partial charge < -0.3 is 14.8 Å². The van der Waals surface area contributed by atoms with Gasteiger partial charge in [0.05, 0.1) is 19.3 Å². The second kappa shape index (κ2) is 7.90. The third kappa shape index (κ3) is 3.18. The number of pyridine rings is 1. The van der Waals surface area contributed by atoms with E-state index in [4.69, 9.17) is 0 Å². The maximum atomic E-state index is 10.9. The molecule has 0 amide bonds. The van der Waals surface area contributed by atoms with Gasteiger partial charge in [-0.05, 0) is 66.8 Å². The van der Waals surface area contributed by atoms with Crippen molar-refractivity contribution in [2.75, 3.05) is 13.1 Å². The topological polar surface area (TPSA) is 61.5 Å². The summed E-state index contributed by atoms with van der Waals surface area (Å²) in [7, 11) is 0. The van der Waals surface area contributed by atoms with Gasteiger partial charge in [-0.3, -0.25) is 9.88 Å². The van der Waals surface area contributed by atoms with Crippen LogP contribution in [0.15, 0.2) is 36.7 Å². The van der Waals surface area contributed by atoms with Crippen molar-refractivity contribution in [2.24, 2.45) is 0 Å². The lowest BCUT2D eigenvalue weighted by molar-refractivity contribution is 0.155. The molecule has 2 aliphatic heterocycles. The molecule has 2 aliphatic rings. The molecule has 0 radical (unpaired) electrons. The Hall–Kier alpha value is -2.21. The lowest BCUT2D eigenvalue weighted by Gasteiger charge is -2.31. The summed E-state index contributed by atoms with van der Waals surface area (Å²) in [5.74, 6) is 0. The lowest BCUT2D eigenvalue weighted by atomic mass is 9.92. The van der Waals surface area contributed by atoms with Gasteiger partial charge >= 0.3 is 0 Å². The summed E-state index contributed by atoms with van der Waals surface area (Å²) < 4.78 is 2.31. The number of aryl methyl sites for hydroxylation is 1. The van der Waals surface area contributed by atoms with E-state index in [1.165, 1.54) is 29.5 Å². The molecule has 1 aromatic carbocycles. The molecule has 2 aromatic heterocycles. The molecule has 2 N–H and O–H groups in total. The first-order chi connectivity index (χ1) is 13.7. The average Bonchev–Trinajstić information content (AvgIpc) is 3.31. The molecule has 154 valence electrons. The van der Waals surface area contributed by atoms with Crippen molar-refractivity contribution in [1.82, 2.24) is 14.5 Å². The first kappa shape index (κ1) is 20.1. The number of rotatable bonds is 4. The Labute approximate surface area is 172 Å². The van der Waals surface area contributed by atoms with Gasteiger partial charge in [0.2, 0.25) is 0 Å². The molecule has 2 atom stereocenters. The highest BCUT2D eigenvalue weighted by atomic mass is 16.3. The third-order valence-corrected chi connectivity index (χ3v) is 6.66. The fraction of sp³-hybridized carbons (Fsp3) is 0.458. The normalized spacial score (nSPS) is 19.6. The number of hydrogen-bond acceptors (Lipinski definition) is 4. The number of aliphatic hydroxyl groups excluding tert-OH is 2. The molecule has 2 unspecified atom stereocenters. The fourth-order valence-electron chi connectivity index (χ4n) is 5.28. The van der Waals surface area contributed by atoms with E-state index in [0.29, 0.717) is 12.6 Å². The molecule has 0 bridgehead atoms. The minimum Gasteiger partial charge on any atom is -0.392 e. The van der Waals surface area contributed by atoms with Crippen LogP contribution in [-0.4, -0.2) is 37.8 Å². The van der Waals surface area contributed by atoms with E-state index in [9.17, 15) is 10.2 Å². The van der Waals surface area contributed by atoms with Crippen molar-refractivity contribution in [3.8, 4) is 0 Å². The van der Waals surface area contributed by atoms with Crippen LogP contribution in [0.1, 0.15) is 60.4 Å². The highest BCUT2D eigenvalue weighted by Gasteiger charge is 2.36. The van der Waals surface area contributed by atoms with Crippen LogP contribution < -0.4 is 0 Å². The third-order valence-electron chi connectivity index (χ3n) is 6.66. The Morgan fingerprint density at radius 1 is 1.17 bits per heavy atom. The van der Waals surface area contributed by atoms with E-state index in [0.717, 1.165) is 41.7 Å². The maximum absolute atomic E-state index is 10.9. The van der Waals surface area contributed by atoms with Crippen molar-refractivity contribution < 1.29 is 10.2 Å². The number of nitrogens with zero attached hydrogens (tertiary/aromatic N) is 3. The molecule has 1 fully saturated rings. The Balaban J connectivity index is 0.00000205. The van der Waals surface area contributed by atoms with Crippen LogP contribution in [0.3, 0.4) is 0 Å². The summed E-state index contributed by atoms with van der Waals surface area (Å²) >= 11 is 0. The smallest absolute Gasteiger partial charge is 0.0970 e. The van der Waals surface area contributed by atoms with Crippen LogP contribution in [0.4, 0.5) is 0 Å². The molecule has 5 rings (SSSR count). The van der Waals surface area contributed by atoms with E-state index >= 15 is 0 Å². The van der Waals surface area contributed by atoms with Crippen LogP contribution in [0.2, 0.25) is 0 Å². The van der Waals surface area contributed by atoms with Crippen LogP contribution in [0.5, 0.6) is 0 Å². The molecule has 5 heteroatoms. The Bertz CT molecular complexity index is 1010. The molecule has 1 saturated heterocycles. The van der Waals surface area contributed by atoms with E-state index < -0.39 is 6.10 Å². The largest absolute Gasteiger partial charge is 0.392 e. The van der Waals surface area contributed by atoms with Gasteiger partial charge in [0, 0.05) is 48.0 Å². The lowest BCUT2D eigenvalue weighted by Crippen LogP contribution is -2.31. The van der Waals surface area contributed by atoms with Gasteiger partial charge in [0.25, 0.3) is 0 Å². The number of fused-ring (bicyclic) bond motifs is 5. The molecule has 0 aliphatic carbocycles. The summed E-state index contributed by atoms with van der Waals surface area (Å²) in [6.07, 6.45) is 6.28. The summed E-state index contributed by atoms with van der Waals surface area (Å²) in [4.78, 5) is 6.65. The monoisotopic (exact) mass is 393 g/mol. The van der Waals surface area contributed by atoms with Gasteiger partial charge in [-0.2, -0.15) is 0 Å². The average molecular weight is 394 g/mol. The summed E-state index contributed by atoms with van der Waals surface area (Å²) in [5.41, 5.74) is 6.94. The van der Waals surface area contributed by atoms with E-state index in [1.54, 1.807) is 12.4 Å². The van der Waals surface area contributed by atoms with Crippen molar-refractivity contribution in [3.63, 3.8) is 0 Å². The van der Waals surface area contributed by atoms with Crippen LogP contribution in [0, 0.1) is 6.92 Å². The first-order valence-electron chi connectivity index (χ1n) is 10.3. The first-order valence-corrected chi connectivity index (χ1v) is 10.3. The summed E-state index contributed by atoms with van der Waals surface area (Å²) in [5, 5.41) is 22.3. The van der Waals surface area contributed by atoms with Gasteiger partial charge in [-0.25, -0.2) is 0 Å². The zero-order chi connectivity index (χ0) is 19.3. The molecule has 29 heavy (non-hydrogen) atoms. The second-order valence-corrected chi connectivity index (χ2v) is 8.12. The fourth-order valence-corrected chi connectivity index (χ4v) is 5.28. The number of aromatic nitrogens is 2. The molecule has 3 aromatic rings. The van der Waals surface area contributed by atoms with Crippen LogP contribution in [-0.2, 0) is 19.6 Å². The SMILES string of the molecule is C.Cc1ccc2c(c1CO)c1c(n2CC(O)c2ccncc2)CCN2CCCC12. The van der Waals surface area contributed by atoms with Crippen LogP contribution in [0.25, 0.3) is 10.9 Å². The Morgan fingerprint density at radius 3 is 2.72 bits per heavy atom. The van der Waals surface area contributed by atoms with Crippen molar-refractivity contribution in [1.29, 1.82) is 0 Å². The van der Waals surface area contributed by atoms with Gasteiger partial charge in [0.15, 0.2) is 0 Å². The molecule has 4 heterocycles. The highest BCUT2D eigenvalue weighted by molar-refractivity contribution is 5.90. The molecule has 0 saturated carbocycles. The number of aliphatic hydroxyl groups is 2. The zero-order valence-electron chi connectivity index (χ0n) is 16.3. The van der Waals surface area contributed by atoms with Crippen molar-refractivity contribution in [2.45, 2.75) is 58.9 Å². The quantitative estimate of drug-likeness (QED) is 0.706. The highest BCUT2D eigenvalue weighted by Crippen LogP contribution is 2.45. The number of hydrogen-bond donors (Lipinski definition) is 2. The Kier molecular flexibility index (Phi) is 5.47. The van der Waals surface area contributed by atoms with Crippen molar-refractivity contribution >= 4 is 10.9 Å².